The molecule has 0 fully saturated rings. The molecule has 30 heavy (non-hydrogen) atoms. The number of hydrogen-bond donors (Lipinski definition) is 3. The minimum absolute atomic E-state index is 0.0986. The van der Waals surface area contributed by atoms with Gasteiger partial charge in [0.2, 0.25) is 11.8 Å². The fraction of sp³-hybridized carbons (Fsp3) is 0.250. The van der Waals surface area contributed by atoms with Crippen molar-refractivity contribution in [1.82, 2.24) is 10.9 Å². The topological polar surface area (TPSA) is 106 Å². The molecule has 1 unspecified atom stereocenters. The van der Waals surface area contributed by atoms with E-state index in [9.17, 15) is 14.4 Å². The van der Waals surface area contributed by atoms with Crippen LogP contribution in [0.4, 0.5) is 5.69 Å². The Morgan fingerprint density at radius 3 is 2.20 bits per heavy atom. The molecule has 0 bridgehead atoms. The molecule has 0 saturated carbocycles. The Bertz CT molecular complexity index is 906. The van der Waals surface area contributed by atoms with Gasteiger partial charge < -0.3 is 14.8 Å². The first-order valence-electron chi connectivity index (χ1n) is 8.93. The molecule has 0 aliphatic rings. The third kappa shape index (κ3) is 7.46. The van der Waals surface area contributed by atoms with Crippen LogP contribution in [0.15, 0.2) is 42.5 Å². The van der Waals surface area contributed by atoms with Crippen molar-refractivity contribution in [3.8, 4) is 11.5 Å². The first-order valence-corrected chi connectivity index (χ1v) is 9.68. The molecule has 2 aromatic carbocycles. The highest BCUT2D eigenvalue weighted by molar-refractivity contribution is 6.36. The van der Waals surface area contributed by atoms with Crippen LogP contribution in [0.3, 0.4) is 0 Å². The van der Waals surface area contributed by atoms with Crippen LogP contribution in [0.2, 0.25) is 10.0 Å². The molecule has 160 valence electrons. The molecule has 10 heteroatoms. The highest BCUT2D eigenvalue weighted by atomic mass is 35.5. The number of rotatable bonds is 8. The molecular weight excluding hydrogens is 433 g/mol. The summed E-state index contributed by atoms with van der Waals surface area (Å²) in [5.74, 6) is -0.345. The molecule has 2 aromatic rings. The number of hydrazine groups is 1. The van der Waals surface area contributed by atoms with Gasteiger partial charge in [-0.2, -0.15) is 0 Å². The summed E-state index contributed by atoms with van der Waals surface area (Å²) in [5, 5.41) is 3.32. The van der Waals surface area contributed by atoms with E-state index in [0.717, 1.165) is 0 Å². The largest absolute Gasteiger partial charge is 0.497 e. The van der Waals surface area contributed by atoms with E-state index in [-0.39, 0.29) is 12.8 Å². The van der Waals surface area contributed by atoms with Crippen molar-refractivity contribution in [2.45, 2.75) is 25.9 Å². The van der Waals surface area contributed by atoms with Crippen LogP contribution in [0, 0.1) is 0 Å². The lowest BCUT2D eigenvalue weighted by Gasteiger charge is -2.15. The van der Waals surface area contributed by atoms with Crippen molar-refractivity contribution in [3.05, 3.63) is 52.5 Å². The highest BCUT2D eigenvalue weighted by Crippen LogP contribution is 2.25. The number of halogens is 2. The molecule has 3 N–H and O–H groups in total. The Balaban J connectivity index is 1.71. The average molecular weight is 454 g/mol. The summed E-state index contributed by atoms with van der Waals surface area (Å²) >= 11 is 11.8. The van der Waals surface area contributed by atoms with E-state index in [4.69, 9.17) is 32.7 Å². The maximum absolute atomic E-state index is 12.0. The first kappa shape index (κ1) is 23.3. The second-order valence-corrected chi connectivity index (χ2v) is 6.99. The predicted molar refractivity (Wildman–Crippen MR) is 114 cm³/mol. The zero-order chi connectivity index (χ0) is 22.1. The van der Waals surface area contributed by atoms with Crippen LogP contribution >= 0.6 is 23.2 Å². The Kier molecular flexibility index (Phi) is 8.76. The second kappa shape index (κ2) is 11.3. The number of anilines is 1. The molecule has 2 rings (SSSR count). The van der Waals surface area contributed by atoms with Crippen molar-refractivity contribution < 1.29 is 23.9 Å². The van der Waals surface area contributed by atoms with E-state index in [1.54, 1.807) is 43.5 Å². The Hall–Kier alpha value is -2.97. The van der Waals surface area contributed by atoms with E-state index in [1.807, 2.05) is 0 Å². The van der Waals surface area contributed by atoms with Gasteiger partial charge in [0.05, 0.1) is 17.8 Å². The summed E-state index contributed by atoms with van der Waals surface area (Å²) in [6, 6.07) is 11.4. The molecule has 0 heterocycles. The van der Waals surface area contributed by atoms with Crippen molar-refractivity contribution in [1.29, 1.82) is 0 Å². The second-order valence-electron chi connectivity index (χ2n) is 6.15. The number of carbonyl (C=O) groups is 3. The normalized spacial score (nSPS) is 11.2. The zero-order valence-corrected chi connectivity index (χ0v) is 17.8. The Morgan fingerprint density at radius 1 is 0.933 bits per heavy atom. The summed E-state index contributed by atoms with van der Waals surface area (Å²) in [7, 11) is 1.55. The maximum Gasteiger partial charge on any atom is 0.279 e. The van der Waals surface area contributed by atoms with Crippen LogP contribution in [0.25, 0.3) is 0 Å². The number of hydrogen-bond acceptors (Lipinski definition) is 5. The zero-order valence-electron chi connectivity index (χ0n) is 16.3. The van der Waals surface area contributed by atoms with Gasteiger partial charge in [-0.25, -0.2) is 0 Å². The van der Waals surface area contributed by atoms with E-state index in [0.29, 0.717) is 27.2 Å². The third-order valence-corrected chi connectivity index (χ3v) is 4.40. The van der Waals surface area contributed by atoms with Gasteiger partial charge >= 0.3 is 0 Å². The number of nitrogens with one attached hydrogen (secondary N) is 3. The molecule has 0 saturated heterocycles. The minimum Gasteiger partial charge on any atom is -0.497 e. The summed E-state index contributed by atoms with van der Waals surface area (Å²) in [6.07, 6.45) is -1.09. The lowest BCUT2D eigenvalue weighted by Crippen LogP contribution is -2.47. The van der Waals surface area contributed by atoms with Gasteiger partial charge in [0.25, 0.3) is 5.91 Å². The standard InChI is InChI=1S/C20H21Cl2N3O5/c1-12(30-15-6-4-14(29-2)5-7-15)20(28)25-24-19(27)10-9-18(26)23-17-8-3-13(21)11-16(17)22/h3-8,11-12H,9-10H2,1-2H3,(H,23,26)(H,24,27)(H,25,28). The van der Waals surface area contributed by atoms with Gasteiger partial charge in [0.1, 0.15) is 11.5 Å². The van der Waals surface area contributed by atoms with E-state index in [1.165, 1.54) is 13.0 Å². The molecule has 3 amide bonds. The maximum atomic E-state index is 12.0. The third-order valence-electron chi connectivity index (χ3n) is 3.85. The monoisotopic (exact) mass is 453 g/mol. The summed E-state index contributed by atoms with van der Waals surface area (Å²) in [5.41, 5.74) is 4.89. The summed E-state index contributed by atoms with van der Waals surface area (Å²) in [6.45, 7) is 1.54. The number of benzene rings is 2. The number of carbonyl (C=O) groups excluding carboxylic acids is 3. The molecule has 0 radical (unpaired) electrons. The minimum atomic E-state index is -0.853. The number of methoxy groups -OCH3 is 1. The number of ether oxygens (including phenoxy) is 2. The van der Waals surface area contributed by atoms with Crippen molar-refractivity contribution in [2.75, 3.05) is 12.4 Å². The van der Waals surface area contributed by atoms with Gasteiger partial charge in [0.15, 0.2) is 6.10 Å². The highest BCUT2D eigenvalue weighted by Gasteiger charge is 2.16. The van der Waals surface area contributed by atoms with Gasteiger partial charge in [0, 0.05) is 17.9 Å². The van der Waals surface area contributed by atoms with E-state index >= 15 is 0 Å². The van der Waals surface area contributed by atoms with Gasteiger partial charge in [-0.05, 0) is 49.4 Å². The van der Waals surface area contributed by atoms with Crippen molar-refractivity contribution in [2.24, 2.45) is 0 Å². The molecule has 1 atom stereocenters. The number of amides is 3. The van der Waals surface area contributed by atoms with Crippen LogP contribution in [0.1, 0.15) is 19.8 Å². The Morgan fingerprint density at radius 2 is 1.57 bits per heavy atom. The summed E-state index contributed by atoms with van der Waals surface area (Å²) in [4.78, 5) is 35.9. The fourth-order valence-corrected chi connectivity index (χ4v) is 2.69. The molecule has 0 aliphatic heterocycles. The lowest BCUT2D eigenvalue weighted by molar-refractivity contribution is -0.133. The molecule has 0 spiro atoms. The van der Waals surface area contributed by atoms with E-state index in [2.05, 4.69) is 16.2 Å². The van der Waals surface area contributed by atoms with Gasteiger partial charge in [-0.1, -0.05) is 23.2 Å². The predicted octanol–water partition coefficient (Wildman–Crippen LogP) is 3.34. The van der Waals surface area contributed by atoms with Crippen LogP contribution in [-0.2, 0) is 14.4 Å². The summed E-state index contributed by atoms with van der Waals surface area (Å²) < 4.78 is 10.5. The first-order chi connectivity index (χ1) is 14.3. The molecular formula is C20H21Cl2N3O5. The Labute approximate surface area is 183 Å². The van der Waals surface area contributed by atoms with Crippen molar-refractivity contribution in [3.63, 3.8) is 0 Å². The molecule has 0 aliphatic carbocycles. The average Bonchev–Trinajstić information content (AvgIpc) is 2.73. The quantitative estimate of drug-likeness (QED) is 0.531. The fourth-order valence-electron chi connectivity index (χ4n) is 2.24. The van der Waals surface area contributed by atoms with Crippen LogP contribution < -0.4 is 25.6 Å². The smallest absolute Gasteiger partial charge is 0.279 e. The molecule has 0 aromatic heterocycles. The van der Waals surface area contributed by atoms with Gasteiger partial charge in [-0.15, -0.1) is 0 Å². The SMILES string of the molecule is COc1ccc(OC(C)C(=O)NNC(=O)CCC(=O)Nc2ccc(Cl)cc2Cl)cc1. The van der Waals surface area contributed by atoms with Crippen LogP contribution in [0.5, 0.6) is 11.5 Å². The van der Waals surface area contributed by atoms with E-state index < -0.39 is 23.8 Å². The van der Waals surface area contributed by atoms with Gasteiger partial charge in [-0.3, -0.25) is 25.2 Å². The lowest BCUT2D eigenvalue weighted by atomic mass is 10.2. The molecule has 8 nitrogen and oxygen atoms in total. The van der Waals surface area contributed by atoms with Crippen LogP contribution in [-0.4, -0.2) is 30.9 Å². The van der Waals surface area contributed by atoms with Crippen molar-refractivity contribution >= 4 is 46.6 Å².